The molecule has 0 radical (unpaired) electrons. The Balaban J connectivity index is 4.94. The minimum Gasteiger partial charge on any atom is -0.0622 e. The highest BCUT2D eigenvalue weighted by molar-refractivity contribution is 4.84. The topological polar surface area (TPSA) is 0 Å². The third-order valence-electron chi connectivity index (χ3n) is 4.82. The van der Waals surface area contributed by atoms with E-state index in [1.807, 2.05) is 0 Å². The van der Waals surface area contributed by atoms with Gasteiger partial charge in [-0.1, -0.05) is 76.2 Å². The number of hydrogen-bond acceptors (Lipinski definition) is 0. The molecule has 0 aliphatic carbocycles. The first-order valence-corrected chi connectivity index (χ1v) is 8.14. The summed E-state index contributed by atoms with van der Waals surface area (Å²) in [6.07, 6.45) is 2.68. The lowest BCUT2D eigenvalue weighted by atomic mass is 9.64. The van der Waals surface area contributed by atoms with Crippen LogP contribution in [0.25, 0.3) is 0 Å². The lowest BCUT2D eigenvalue weighted by Crippen LogP contribution is -2.33. The van der Waals surface area contributed by atoms with Crippen molar-refractivity contribution in [3.8, 4) is 0 Å². The molecule has 0 heterocycles. The van der Waals surface area contributed by atoms with Gasteiger partial charge >= 0.3 is 0 Å². The van der Waals surface area contributed by atoms with E-state index in [1.165, 1.54) is 12.8 Å². The van der Waals surface area contributed by atoms with Crippen LogP contribution >= 0.6 is 0 Å². The fraction of sp³-hybridized carbons (Fsp3) is 1.00. The fourth-order valence-electron chi connectivity index (χ4n) is 3.28. The Bertz CT molecular complexity index is 253. The molecule has 3 atom stereocenters. The molecule has 116 valence electrons. The third kappa shape index (κ3) is 7.37. The highest BCUT2D eigenvalue weighted by Gasteiger charge is 2.35. The highest BCUT2D eigenvalue weighted by Crippen LogP contribution is 2.44. The van der Waals surface area contributed by atoms with Crippen molar-refractivity contribution >= 4 is 0 Å². The van der Waals surface area contributed by atoms with Gasteiger partial charge in [0.1, 0.15) is 0 Å². The summed E-state index contributed by atoms with van der Waals surface area (Å²) in [5.41, 5.74) is 1.27. The van der Waals surface area contributed by atoms with Crippen LogP contribution in [-0.2, 0) is 0 Å². The van der Waals surface area contributed by atoms with Crippen LogP contribution in [0.3, 0.4) is 0 Å². The molecule has 0 aliphatic rings. The van der Waals surface area contributed by atoms with Gasteiger partial charge in [-0.2, -0.15) is 0 Å². The Labute approximate surface area is 123 Å². The molecule has 0 N–H and O–H groups in total. The first-order chi connectivity index (χ1) is 8.14. The van der Waals surface area contributed by atoms with E-state index in [0.717, 1.165) is 17.8 Å². The molecule has 0 bridgehead atoms. The van der Waals surface area contributed by atoms with Crippen LogP contribution in [0.1, 0.15) is 89.0 Å². The van der Waals surface area contributed by atoms with E-state index in [1.54, 1.807) is 0 Å². The zero-order chi connectivity index (χ0) is 15.6. The molecular weight excluding hydrogens is 228 g/mol. The molecule has 0 aromatic heterocycles. The Kier molecular flexibility index (Phi) is 6.19. The van der Waals surface area contributed by atoms with Crippen LogP contribution in [0.4, 0.5) is 0 Å². The van der Waals surface area contributed by atoms with E-state index < -0.39 is 0 Å². The number of rotatable bonds is 4. The summed E-state index contributed by atoms with van der Waals surface area (Å²) in [6.45, 7) is 26.4. The van der Waals surface area contributed by atoms with Gasteiger partial charge in [0.05, 0.1) is 0 Å². The fourth-order valence-corrected chi connectivity index (χ4v) is 3.28. The quantitative estimate of drug-likeness (QED) is 0.526. The standard InChI is InChI=1S/C19H40/c1-14(13-17(3,4)5)16(19(9,10)11)12-15(2)18(6,7)8/h14-16H,12-13H2,1-11H3/t14-,15-,16-/m1/s1. The van der Waals surface area contributed by atoms with Crippen molar-refractivity contribution in [2.75, 3.05) is 0 Å². The van der Waals surface area contributed by atoms with Gasteiger partial charge in [0, 0.05) is 0 Å². The normalized spacial score (nSPS) is 19.1. The second-order valence-electron chi connectivity index (χ2n) is 10.2. The smallest absolute Gasteiger partial charge is 0.0337 e. The van der Waals surface area contributed by atoms with Crippen LogP contribution in [-0.4, -0.2) is 0 Å². The Hall–Kier alpha value is 0. The van der Waals surface area contributed by atoms with Gasteiger partial charge in [-0.15, -0.1) is 0 Å². The van der Waals surface area contributed by atoms with Crippen molar-refractivity contribution in [2.45, 2.75) is 89.0 Å². The second-order valence-corrected chi connectivity index (χ2v) is 10.2. The van der Waals surface area contributed by atoms with Crippen molar-refractivity contribution in [1.82, 2.24) is 0 Å². The third-order valence-corrected chi connectivity index (χ3v) is 4.82. The minimum absolute atomic E-state index is 0.407. The molecule has 0 fully saturated rings. The summed E-state index contributed by atoms with van der Waals surface area (Å²) in [5.74, 6) is 2.38. The molecule has 0 saturated carbocycles. The molecule has 0 spiro atoms. The Morgan fingerprint density at radius 3 is 1.37 bits per heavy atom. The maximum Gasteiger partial charge on any atom is -0.0337 e. The molecule has 0 aliphatic heterocycles. The molecule has 0 aromatic carbocycles. The van der Waals surface area contributed by atoms with Crippen molar-refractivity contribution in [3.05, 3.63) is 0 Å². The summed E-state index contributed by atoms with van der Waals surface area (Å²) >= 11 is 0. The second kappa shape index (κ2) is 6.19. The average Bonchev–Trinajstić information content (AvgIpc) is 2.06. The van der Waals surface area contributed by atoms with Crippen LogP contribution in [0.5, 0.6) is 0 Å². The average molecular weight is 269 g/mol. The van der Waals surface area contributed by atoms with Crippen molar-refractivity contribution in [1.29, 1.82) is 0 Å². The molecule has 0 rings (SSSR count). The summed E-state index contributed by atoms with van der Waals surface area (Å²) < 4.78 is 0. The summed E-state index contributed by atoms with van der Waals surface area (Å²) in [5, 5.41) is 0. The van der Waals surface area contributed by atoms with Gasteiger partial charge in [0.15, 0.2) is 0 Å². The van der Waals surface area contributed by atoms with Crippen molar-refractivity contribution in [2.24, 2.45) is 34.0 Å². The van der Waals surface area contributed by atoms with Crippen molar-refractivity contribution in [3.63, 3.8) is 0 Å². The van der Waals surface area contributed by atoms with Crippen LogP contribution in [0.15, 0.2) is 0 Å². The molecule has 0 amide bonds. The molecular formula is C19H40. The van der Waals surface area contributed by atoms with E-state index in [0.29, 0.717) is 16.2 Å². The van der Waals surface area contributed by atoms with Crippen LogP contribution in [0, 0.1) is 34.0 Å². The minimum atomic E-state index is 0.407. The first-order valence-electron chi connectivity index (χ1n) is 8.14. The zero-order valence-electron chi connectivity index (χ0n) is 15.6. The first kappa shape index (κ1) is 19.0. The lowest BCUT2D eigenvalue weighted by Gasteiger charge is -2.42. The highest BCUT2D eigenvalue weighted by atomic mass is 14.4. The molecule has 0 heteroatoms. The number of hydrogen-bond donors (Lipinski definition) is 0. The van der Waals surface area contributed by atoms with Gasteiger partial charge in [0.25, 0.3) is 0 Å². The Morgan fingerprint density at radius 2 is 1.11 bits per heavy atom. The summed E-state index contributed by atoms with van der Waals surface area (Å²) in [4.78, 5) is 0. The van der Waals surface area contributed by atoms with E-state index in [9.17, 15) is 0 Å². The van der Waals surface area contributed by atoms with E-state index >= 15 is 0 Å². The van der Waals surface area contributed by atoms with Gasteiger partial charge in [-0.05, 0) is 46.8 Å². The molecule has 0 saturated heterocycles. The molecule has 19 heavy (non-hydrogen) atoms. The van der Waals surface area contributed by atoms with Crippen LogP contribution < -0.4 is 0 Å². The monoisotopic (exact) mass is 268 g/mol. The predicted molar refractivity (Wildman–Crippen MR) is 89.4 cm³/mol. The lowest BCUT2D eigenvalue weighted by molar-refractivity contribution is 0.0807. The van der Waals surface area contributed by atoms with E-state index in [2.05, 4.69) is 76.2 Å². The molecule has 0 nitrogen and oxygen atoms in total. The summed E-state index contributed by atoms with van der Waals surface area (Å²) in [6, 6.07) is 0. The Morgan fingerprint density at radius 1 is 0.684 bits per heavy atom. The molecule has 0 unspecified atom stereocenters. The maximum atomic E-state index is 2.47. The molecule has 0 aromatic rings. The van der Waals surface area contributed by atoms with Gasteiger partial charge in [0.2, 0.25) is 0 Å². The van der Waals surface area contributed by atoms with Crippen molar-refractivity contribution < 1.29 is 0 Å². The zero-order valence-corrected chi connectivity index (χ0v) is 15.6. The largest absolute Gasteiger partial charge is 0.0622 e. The van der Waals surface area contributed by atoms with Gasteiger partial charge in [-0.25, -0.2) is 0 Å². The maximum absolute atomic E-state index is 2.47. The van der Waals surface area contributed by atoms with E-state index in [4.69, 9.17) is 0 Å². The summed E-state index contributed by atoms with van der Waals surface area (Å²) in [7, 11) is 0. The van der Waals surface area contributed by atoms with E-state index in [-0.39, 0.29) is 0 Å². The SMILES string of the molecule is C[C@H](CC(C)(C)C)[C@@H](C[C@@H](C)C(C)(C)C)C(C)(C)C. The van der Waals surface area contributed by atoms with Gasteiger partial charge in [-0.3, -0.25) is 0 Å². The predicted octanol–water partition coefficient (Wildman–Crippen LogP) is 6.79. The van der Waals surface area contributed by atoms with Gasteiger partial charge < -0.3 is 0 Å². The van der Waals surface area contributed by atoms with Crippen LogP contribution in [0.2, 0.25) is 0 Å².